The molecule has 0 saturated heterocycles. The summed E-state index contributed by atoms with van der Waals surface area (Å²) in [5.41, 5.74) is 1.90. The lowest BCUT2D eigenvalue weighted by atomic mass is 10.1. The third-order valence-electron chi connectivity index (χ3n) is 6.69. The molecule has 0 radical (unpaired) electrons. The lowest BCUT2D eigenvalue weighted by Crippen LogP contribution is -2.25. The number of carbonyl (C=O) groups is 4. The van der Waals surface area contributed by atoms with Crippen molar-refractivity contribution >= 4 is 51.9 Å². The summed E-state index contributed by atoms with van der Waals surface area (Å²) >= 11 is 2.13. The van der Waals surface area contributed by atoms with Crippen molar-refractivity contribution in [1.29, 1.82) is 0 Å². The molecule has 0 aliphatic heterocycles. The zero-order chi connectivity index (χ0) is 33.2. The average molecular weight is 666 g/mol. The van der Waals surface area contributed by atoms with Crippen LogP contribution in [0.3, 0.4) is 0 Å². The molecule has 0 aliphatic carbocycles. The minimum Gasteiger partial charge on any atom is -0.497 e. The molecule has 2 amide bonds. The largest absolute Gasteiger partial charge is 0.497 e. The van der Waals surface area contributed by atoms with Gasteiger partial charge in [0.25, 0.3) is 5.91 Å². The SMILES string of the molecule is CCOC(=O)c1sc(NC(=O)[C@H](C)Sc2nnc(CNC(=O)c3cccc(OC)c3)n2Cc2ccccc2)c(C(=O)OCC)c1C. The van der Waals surface area contributed by atoms with E-state index in [-0.39, 0.29) is 41.1 Å². The van der Waals surface area contributed by atoms with Gasteiger partial charge in [-0.2, -0.15) is 0 Å². The Morgan fingerprint density at radius 1 is 0.978 bits per heavy atom. The highest BCUT2D eigenvalue weighted by Gasteiger charge is 2.29. The van der Waals surface area contributed by atoms with Gasteiger partial charge in [0.2, 0.25) is 5.91 Å². The fourth-order valence-corrected chi connectivity index (χ4v) is 6.31. The van der Waals surface area contributed by atoms with Crippen LogP contribution in [0.2, 0.25) is 0 Å². The number of methoxy groups -OCH3 is 1. The van der Waals surface area contributed by atoms with Gasteiger partial charge in [-0.1, -0.05) is 48.2 Å². The molecule has 0 saturated carbocycles. The molecule has 4 rings (SSSR count). The number of rotatable bonds is 14. The Balaban J connectivity index is 1.55. The number of thiophene rings is 1. The summed E-state index contributed by atoms with van der Waals surface area (Å²) in [7, 11) is 1.53. The van der Waals surface area contributed by atoms with Gasteiger partial charge in [-0.3, -0.25) is 9.59 Å². The first-order valence-electron chi connectivity index (χ1n) is 14.5. The number of hydrogen-bond donors (Lipinski definition) is 2. The third-order valence-corrected chi connectivity index (χ3v) is 8.96. The van der Waals surface area contributed by atoms with Crippen LogP contribution in [-0.2, 0) is 27.4 Å². The van der Waals surface area contributed by atoms with Crippen LogP contribution in [0.15, 0.2) is 59.8 Å². The number of benzene rings is 2. The molecule has 12 nitrogen and oxygen atoms in total. The molecule has 0 unspecified atom stereocenters. The number of ether oxygens (including phenoxy) is 3. The predicted octanol–water partition coefficient (Wildman–Crippen LogP) is 5.11. The second-order valence-corrected chi connectivity index (χ2v) is 12.2. The van der Waals surface area contributed by atoms with Gasteiger partial charge in [0, 0.05) is 5.56 Å². The molecule has 0 bridgehead atoms. The molecule has 2 aromatic carbocycles. The maximum atomic E-state index is 13.4. The Bertz CT molecular complexity index is 1700. The second kappa shape index (κ2) is 16.0. The highest BCUT2D eigenvalue weighted by atomic mass is 32.2. The van der Waals surface area contributed by atoms with E-state index in [4.69, 9.17) is 14.2 Å². The first kappa shape index (κ1) is 34.2. The summed E-state index contributed by atoms with van der Waals surface area (Å²) in [4.78, 5) is 51.9. The van der Waals surface area contributed by atoms with Gasteiger partial charge < -0.3 is 29.4 Å². The van der Waals surface area contributed by atoms with Crippen molar-refractivity contribution in [3.63, 3.8) is 0 Å². The number of carbonyl (C=O) groups excluding carboxylic acids is 4. The minimum absolute atomic E-state index is 0.0883. The summed E-state index contributed by atoms with van der Waals surface area (Å²) in [6, 6.07) is 16.5. The van der Waals surface area contributed by atoms with Crippen LogP contribution in [0.25, 0.3) is 0 Å². The van der Waals surface area contributed by atoms with Crippen molar-refractivity contribution in [2.24, 2.45) is 0 Å². The van der Waals surface area contributed by atoms with E-state index in [9.17, 15) is 19.2 Å². The topological polar surface area (TPSA) is 151 Å². The second-order valence-electron chi connectivity index (χ2n) is 9.84. The molecular weight excluding hydrogens is 631 g/mol. The van der Waals surface area contributed by atoms with Crippen molar-refractivity contribution in [2.45, 2.75) is 51.2 Å². The fraction of sp³-hybridized carbons (Fsp3) is 0.312. The molecular formula is C32H35N5O7S2. The molecule has 1 atom stereocenters. The zero-order valence-corrected chi connectivity index (χ0v) is 27.8. The maximum Gasteiger partial charge on any atom is 0.348 e. The molecule has 0 fully saturated rings. The number of esters is 2. The molecule has 0 spiro atoms. The van der Waals surface area contributed by atoms with E-state index in [0.717, 1.165) is 16.9 Å². The van der Waals surface area contributed by atoms with E-state index in [1.807, 2.05) is 34.9 Å². The molecule has 4 aromatic rings. The maximum absolute atomic E-state index is 13.4. The zero-order valence-electron chi connectivity index (χ0n) is 26.1. The summed E-state index contributed by atoms with van der Waals surface area (Å²) < 4.78 is 17.4. The fourth-order valence-electron chi connectivity index (χ4n) is 4.35. The smallest absolute Gasteiger partial charge is 0.348 e. The highest BCUT2D eigenvalue weighted by molar-refractivity contribution is 8.00. The number of aromatic nitrogens is 3. The van der Waals surface area contributed by atoms with Gasteiger partial charge in [-0.25, -0.2) is 9.59 Å². The lowest BCUT2D eigenvalue weighted by Gasteiger charge is -2.14. The average Bonchev–Trinajstić information content (AvgIpc) is 3.59. The summed E-state index contributed by atoms with van der Waals surface area (Å²) in [6.45, 7) is 7.45. The van der Waals surface area contributed by atoms with E-state index >= 15 is 0 Å². The van der Waals surface area contributed by atoms with Crippen LogP contribution in [0.1, 0.15) is 68.1 Å². The van der Waals surface area contributed by atoms with E-state index in [1.165, 1.54) is 18.9 Å². The number of nitrogens with zero attached hydrogens (tertiary/aromatic N) is 3. The third kappa shape index (κ3) is 8.31. The Hall–Kier alpha value is -4.69. The van der Waals surface area contributed by atoms with Crippen molar-refractivity contribution in [3.8, 4) is 5.75 Å². The van der Waals surface area contributed by atoms with Crippen LogP contribution in [0.4, 0.5) is 5.00 Å². The molecule has 46 heavy (non-hydrogen) atoms. The summed E-state index contributed by atoms with van der Waals surface area (Å²) in [5.74, 6) is -0.901. The van der Waals surface area contributed by atoms with Crippen LogP contribution in [-0.4, -0.2) is 64.1 Å². The van der Waals surface area contributed by atoms with E-state index in [1.54, 1.807) is 52.0 Å². The van der Waals surface area contributed by atoms with Crippen molar-refractivity contribution in [3.05, 3.63) is 87.6 Å². The van der Waals surface area contributed by atoms with Gasteiger partial charge in [0.1, 0.15) is 15.6 Å². The highest BCUT2D eigenvalue weighted by Crippen LogP contribution is 2.35. The Morgan fingerprint density at radius 2 is 1.70 bits per heavy atom. The Labute approximate surface area is 274 Å². The molecule has 2 aromatic heterocycles. The number of anilines is 1. The van der Waals surface area contributed by atoms with Crippen LogP contribution < -0.4 is 15.4 Å². The number of amides is 2. The normalized spacial score (nSPS) is 11.4. The van der Waals surface area contributed by atoms with Gasteiger partial charge in [-0.15, -0.1) is 21.5 Å². The van der Waals surface area contributed by atoms with Crippen LogP contribution in [0.5, 0.6) is 5.75 Å². The van der Waals surface area contributed by atoms with E-state index in [0.29, 0.717) is 34.4 Å². The Morgan fingerprint density at radius 3 is 2.39 bits per heavy atom. The quantitative estimate of drug-likeness (QED) is 0.137. The van der Waals surface area contributed by atoms with Gasteiger partial charge in [0.05, 0.1) is 44.2 Å². The first-order valence-corrected chi connectivity index (χ1v) is 16.2. The van der Waals surface area contributed by atoms with E-state index in [2.05, 4.69) is 20.8 Å². The minimum atomic E-state index is -0.693. The summed E-state index contributed by atoms with van der Waals surface area (Å²) in [6.07, 6.45) is 0. The molecule has 0 aliphatic rings. The van der Waals surface area contributed by atoms with Crippen LogP contribution in [0, 0.1) is 6.92 Å². The first-order chi connectivity index (χ1) is 22.2. The molecule has 2 heterocycles. The van der Waals surface area contributed by atoms with Gasteiger partial charge in [0.15, 0.2) is 11.0 Å². The number of thioether (sulfide) groups is 1. The molecule has 242 valence electrons. The monoisotopic (exact) mass is 665 g/mol. The molecule has 14 heteroatoms. The molecule has 2 N–H and O–H groups in total. The van der Waals surface area contributed by atoms with Crippen molar-refractivity contribution in [1.82, 2.24) is 20.1 Å². The Kier molecular flexibility index (Phi) is 11.9. The van der Waals surface area contributed by atoms with Gasteiger partial charge in [-0.05, 0) is 57.0 Å². The lowest BCUT2D eigenvalue weighted by molar-refractivity contribution is -0.115. The number of nitrogens with one attached hydrogen (secondary N) is 2. The summed E-state index contributed by atoms with van der Waals surface area (Å²) in [5, 5.41) is 14.3. The number of hydrogen-bond acceptors (Lipinski definition) is 11. The van der Waals surface area contributed by atoms with Crippen molar-refractivity contribution < 1.29 is 33.4 Å². The van der Waals surface area contributed by atoms with Crippen molar-refractivity contribution in [2.75, 3.05) is 25.6 Å². The van der Waals surface area contributed by atoms with Gasteiger partial charge >= 0.3 is 11.9 Å². The van der Waals surface area contributed by atoms with Crippen LogP contribution >= 0.6 is 23.1 Å². The predicted molar refractivity (Wildman–Crippen MR) is 175 cm³/mol. The van der Waals surface area contributed by atoms with E-state index < -0.39 is 23.1 Å². The standard InChI is InChI=1S/C32H35N5O7S2/c1-6-43-30(40)25-19(3)26(31(41)44-7-2)46-29(25)34-27(38)20(4)45-32-36-35-24(37(32)18-21-12-9-8-10-13-21)17-33-28(39)22-14-11-15-23(16-22)42-5/h8-16,20H,6-7,17-18H2,1-5H3,(H,33,39)(H,34,38)/t20-/m0/s1.